The zero-order valence-electron chi connectivity index (χ0n) is 13.6. The predicted molar refractivity (Wildman–Crippen MR) is 89.7 cm³/mol. The fourth-order valence-electron chi connectivity index (χ4n) is 3.54. The summed E-state index contributed by atoms with van der Waals surface area (Å²) in [7, 11) is 0. The minimum atomic E-state index is -0.00428. The molecule has 6 nitrogen and oxygen atoms in total. The number of rotatable bonds is 2. The first-order valence-corrected chi connectivity index (χ1v) is 8.18. The summed E-state index contributed by atoms with van der Waals surface area (Å²) < 4.78 is 1.56. The van der Waals surface area contributed by atoms with Crippen molar-refractivity contribution in [3.05, 3.63) is 59.8 Å². The molecule has 0 spiro atoms. The quantitative estimate of drug-likeness (QED) is 0.726. The number of carbonyl (C=O) groups excluding carboxylic acids is 1. The highest BCUT2D eigenvalue weighted by Gasteiger charge is 2.34. The summed E-state index contributed by atoms with van der Waals surface area (Å²) in [5, 5.41) is 11.4. The number of fused-ring (bicyclic) bond motifs is 1. The van der Waals surface area contributed by atoms with Gasteiger partial charge >= 0.3 is 0 Å². The van der Waals surface area contributed by atoms with Gasteiger partial charge in [-0.05, 0) is 41.0 Å². The van der Waals surface area contributed by atoms with E-state index in [2.05, 4.69) is 46.7 Å². The van der Waals surface area contributed by atoms with Crippen molar-refractivity contribution >= 4 is 11.6 Å². The highest BCUT2D eigenvalue weighted by molar-refractivity contribution is 5.95. The van der Waals surface area contributed by atoms with E-state index in [1.54, 1.807) is 22.8 Å². The van der Waals surface area contributed by atoms with E-state index in [0.29, 0.717) is 11.2 Å². The average Bonchev–Trinajstić information content (AvgIpc) is 3.09. The molecule has 3 aromatic rings. The SMILES string of the molecule is C[C@@]1(c2ccccc2)CCCN(C(=O)c2ccn3nnnc3c2)C1. The van der Waals surface area contributed by atoms with Crippen LogP contribution < -0.4 is 0 Å². The highest BCUT2D eigenvalue weighted by atomic mass is 16.2. The van der Waals surface area contributed by atoms with Gasteiger partial charge in [0.2, 0.25) is 0 Å². The summed E-state index contributed by atoms with van der Waals surface area (Å²) in [4.78, 5) is 14.9. The smallest absolute Gasteiger partial charge is 0.254 e. The maximum absolute atomic E-state index is 12.9. The minimum absolute atomic E-state index is 0.00428. The van der Waals surface area contributed by atoms with E-state index in [9.17, 15) is 4.79 Å². The van der Waals surface area contributed by atoms with Crippen molar-refractivity contribution in [1.82, 2.24) is 24.9 Å². The van der Waals surface area contributed by atoms with Crippen molar-refractivity contribution in [3.63, 3.8) is 0 Å². The van der Waals surface area contributed by atoms with Crippen LogP contribution in [-0.4, -0.2) is 43.9 Å². The molecule has 1 saturated heterocycles. The lowest BCUT2D eigenvalue weighted by Gasteiger charge is -2.41. The molecule has 0 N–H and O–H groups in total. The van der Waals surface area contributed by atoms with E-state index in [-0.39, 0.29) is 11.3 Å². The topological polar surface area (TPSA) is 63.4 Å². The van der Waals surface area contributed by atoms with Crippen LogP contribution in [0.15, 0.2) is 48.7 Å². The Hall–Kier alpha value is -2.76. The third kappa shape index (κ3) is 2.54. The second kappa shape index (κ2) is 5.70. The number of carbonyl (C=O) groups is 1. The van der Waals surface area contributed by atoms with Gasteiger partial charge in [-0.3, -0.25) is 4.79 Å². The van der Waals surface area contributed by atoms with Gasteiger partial charge in [-0.1, -0.05) is 37.3 Å². The summed E-state index contributed by atoms with van der Waals surface area (Å²) in [5.41, 5.74) is 2.51. The van der Waals surface area contributed by atoms with Gasteiger partial charge in [0, 0.05) is 30.3 Å². The molecule has 1 aliphatic heterocycles. The lowest BCUT2D eigenvalue weighted by atomic mass is 9.76. The van der Waals surface area contributed by atoms with Gasteiger partial charge in [-0.2, -0.15) is 0 Å². The standard InChI is InChI=1S/C18H19N5O/c1-18(15-6-3-2-4-7-15)9-5-10-22(13-18)17(24)14-8-11-23-16(12-14)19-20-21-23/h2-4,6-8,11-12H,5,9-10,13H2,1H3/t18-/m1/s1. The van der Waals surface area contributed by atoms with E-state index in [0.717, 1.165) is 25.9 Å². The molecule has 1 amide bonds. The summed E-state index contributed by atoms with van der Waals surface area (Å²) in [6.45, 7) is 3.76. The van der Waals surface area contributed by atoms with E-state index < -0.39 is 0 Å². The number of hydrogen-bond acceptors (Lipinski definition) is 4. The van der Waals surface area contributed by atoms with Gasteiger partial charge in [0.1, 0.15) is 0 Å². The van der Waals surface area contributed by atoms with Crippen molar-refractivity contribution in [2.24, 2.45) is 0 Å². The zero-order valence-corrected chi connectivity index (χ0v) is 13.6. The summed E-state index contributed by atoms with van der Waals surface area (Å²) in [6, 6.07) is 14.0. The predicted octanol–water partition coefficient (Wildman–Crippen LogP) is 2.32. The molecule has 1 aliphatic rings. The molecular formula is C18H19N5O. The molecule has 0 radical (unpaired) electrons. The number of likely N-dealkylation sites (tertiary alicyclic amines) is 1. The van der Waals surface area contributed by atoms with E-state index in [1.165, 1.54) is 5.56 Å². The van der Waals surface area contributed by atoms with Gasteiger partial charge in [0.25, 0.3) is 5.91 Å². The number of pyridine rings is 1. The molecule has 6 heteroatoms. The van der Waals surface area contributed by atoms with Crippen molar-refractivity contribution in [2.45, 2.75) is 25.2 Å². The molecular weight excluding hydrogens is 302 g/mol. The number of benzene rings is 1. The van der Waals surface area contributed by atoms with E-state index >= 15 is 0 Å². The van der Waals surface area contributed by atoms with Crippen LogP contribution in [0, 0.1) is 0 Å². The number of nitrogens with zero attached hydrogens (tertiary/aromatic N) is 5. The Balaban J connectivity index is 1.60. The Kier molecular flexibility index (Phi) is 3.52. The van der Waals surface area contributed by atoms with Gasteiger partial charge in [-0.25, -0.2) is 4.52 Å². The molecule has 0 aliphatic carbocycles. The lowest BCUT2D eigenvalue weighted by Crippen LogP contribution is -2.47. The molecule has 0 unspecified atom stereocenters. The monoisotopic (exact) mass is 321 g/mol. The number of hydrogen-bond donors (Lipinski definition) is 0. The summed E-state index contributed by atoms with van der Waals surface area (Å²) >= 11 is 0. The number of amides is 1. The van der Waals surface area contributed by atoms with Crippen molar-refractivity contribution < 1.29 is 4.79 Å². The minimum Gasteiger partial charge on any atom is -0.338 e. The maximum Gasteiger partial charge on any atom is 0.254 e. The molecule has 4 rings (SSSR count). The molecule has 1 atom stereocenters. The van der Waals surface area contributed by atoms with Crippen LogP contribution >= 0.6 is 0 Å². The Morgan fingerprint density at radius 2 is 2.04 bits per heavy atom. The zero-order chi connectivity index (χ0) is 16.6. The molecule has 1 aromatic carbocycles. The third-order valence-corrected chi connectivity index (χ3v) is 4.90. The first-order valence-electron chi connectivity index (χ1n) is 8.18. The third-order valence-electron chi connectivity index (χ3n) is 4.90. The Morgan fingerprint density at radius 1 is 1.21 bits per heavy atom. The van der Waals surface area contributed by atoms with Gasteiger partial charge in [0.15, 0.2) is 5.65 Å². The number of tetrazole rings is 1. The molecule has 122 valence electrons. The normalized spacial score (nSPS) is 21.1. The maximum atomic E-state index is 12.9. The van der Waals surface area contributed by atoms with Crippen molar-refractivity contribution in [3.8, 4) is 0 Å². The van der Waals surface area contributed by atoms with Gasteiger partial charge in [0.05, 0.1) is 0 Å². The Bertz CT molecular complexity index is 875. The van der Waals surface area contributed by atoms with Crippen molar-refractivity contribution in [1.29, 1.82) is 0 Å². The first-order chi connectivity index (χ1) is 11.7. The second-order valence-corrected chi connectivity index (χ2v) is 6.65. The van der Waals surface area contributed by atoms with Crippen LogP contribution in [0.5, 0.6) is 0 Å². The van der Waals surface area contributed by atoms with Crippen LogP contribution in [0.25, 0.3) is 5.65 Å². The molecule has 0 bridgehead atoms. The van der Waals surface area contributed by atoms with Crippen LogP contribution in [0.4, 0.5) is 0 Å². The summed E-state index contributed by atoms with van der Waals surface area (Å²) in [6.07, 6.45) is 3.82. The number of piperidine rings is 1. The fraction of sp³-hybridized carbons (Fsp3) is 0.333. The van der Waals surface area contributed by atoms with Gasteiger partial charge < -0.3 is 4.90 Å². The molecule has 24 heavy (non-hydrogen) atoms. The van der Waals surface area contributed by atoms with E-state index in [4.69, 9.17) is 0 Å². The van der Waals surface area contributed by atoms with Crippen molar-refractivity contribution in [2.75, 3.05) is 13.1 Å². The van der Waals surface area contributed by atoms with E-state index in [1.807, 2.05) is 11.0 Å². The molecule has 1 fully saturated rings. The molecule has 3 heterocycles. The Morgan fingerprint density at radius 3 is 2.88 bits per heavy atom. The molecule has 2 aromatic heterocycles. The van der Waals surface area contributed by atoms with Crippen LogP contribution in [-0.2, 0) is 5.41 Å². The highest BCUT2D eigenvalue weighted by Crippen LogP contribution is 2.34. The largest absolute Gasteiger partial charge is 0.338 e. The van der Waals surface area contributed by atoms with Crippen LogP contribution in [0.1, 0.15) is 35.7 Å². The van der Waals surface area contributed by atoms with Crippen LogP contribution in [0.3, 0.4) is 0 Å². The fourth-order valence-corrected chi connectivity index (χ4v) is 3.54. The average molecular weight is 321 g/mol. The lowest BCUT2D eigenvalue weighted by molar-refractivity contribution is 0.0651. The number of aromatic nitrogens is 4. The van der Waals surface area contributed by atoms with Gasteiger partial charge in [-0.15, -0.1) is 5.10 Å². The second-order valence-electron chi connectivity index (χ2n) is 6.65. The first kappa shape index (κ1) is 14.8. The Labute approximate surface area is 140 Å². The summed E-state index contributed by atoms with van der Waals surface area (Å²) in [5.74, 6) is 0.0438. The van der Waals surface area contributed by atoms with Crippen LogP contribution in [0.2, 0.25) is 0 Å². The molecule has 0 saturated carbocycles.